The Balaban J connectivity index is 2.38. The van der Waals surface area contributed by atoms with Gasteiger partial charge in [0, 0.05) is 16.8 Å². The molecule has 2 heterocycles. The molecule has 2 aromatic rings. The van der Waals surface area contributed by atoms with Gasteiger partial charge in [0.2, 0.25) is 6.79 Å². The van der Waals surface area contributed by atoms with Crippen LogP contribution in [0.2, 0.25) is 0 Å². The third kappa shape index (κ3) is 1.96. The molecule has 3 rings (SSSR count). The number of aromatic nitrogens is 1. The molecule has 2 N–H and O–H groups in total. The van der Waals surface area contributed by atoms with E-state index < -0.39 is 0 Å². The first-order chi connectivity index (χ1) is 10.2. The minimum atomic E-state index is 0.190. The molecule has 0 spiro atoms. The van der Waals surface area contributed by atoms with E-state index in [-0.39, 0.29) is 12.6 Å². The van der Waals surface area contributed by atoms with Gasteiger partial charge in [0.05, 0.1) is 0 Å². The Hall–Kier alpha value is -2.74. The van der Waals surface area contributed by atoms with Crippen LogP contribution < -0.4 is 15.2 Å². The van der Waals surface area contributed by atoms with Crippen molar-refractivity contribution in [3.63, 3.8) is 0 Å². The quantitative estimate of drug-likeness (QED) is 0.915. The van der Waals surface area contributed by atoms with Crippen LogP contribution in [0.5, 0.6) is 11.5 Å². The average molecular weight is 281 g/mol. The van der Waals surface area contributed by atoms with Gasteiger partial charge in [0.15, 0.2) is 11.5 Å². The van der Waals surface area contributed by atoms with Crippen molar-refractivity contribution in [2.75, 3.05) is 12.5 Å². The third-order valence-corrected chi connectivity index (χ3v) is 3.66. The zero-order valence-corrected chi connectivity index (χ0v) is 11.9. The van der Waals surface area contributed by atoms with Crippen molar-refractivity contribution in [3.8, 4) is 28.7 Å². The van der Waals surface area contributed by atoms with Gasteiger partial charge in [-0.25, -0.2) is 4.98 Å². The number of fused-ring (bicyclic) bond motifs is 1. The van der Waals surface area contributed by atoms with Crippen molar-refractivity contribution in [2.45, 2.75) is 20.3 Å². The molecule has 5 heteroatoms. The molecule has 106 valence electrons. The monoisotopic (exact) mass is 281 g/mol. The lowest BCUT2D eigenvalue weighted by Crippen LogP contribution is -2.05. The maximum Gasteiger partial charge on any atom is 0.231 e. The third-order valence-electron chi connectivity index (χ3n) is 3.66. The first-order valence-corrected chi connectivity index (χ1v) is 6.75. The number of nitrogen functional groups attached to an aromatic ring is 1. The summed E-state index contributed by atoms with van der Waals surface area (Å²) in [7, 11) is 0. The van der Waals surface area contributed by atoms with Crippen LogP contribution in [0.25, 0.3) is 11.1 Å². The van der Waals surface area contributed by atoms with E-state index in [9.17, 15) is 5.26 Å². The Bertz CT molecular complexity index is 763. The standard InChI is InChI=1S/C16H15N3O2/c1-3-10-9(2)19-16(18)12(7-17)14(10)11-5-4-6-13-15(11)21-8-20-13/h4-6H,3,8H2,1-2H3,(H2,18,19). The number of pyridine rings is 1. The summed E-state index contributed by atoms with van der Waals surface area (Å²) in [5, 5.41) is 9.48. The number of para-hydroxylation sites is 1. The smallest absolute Gasteiger partial charge is 0.231 e. The Morgan fingerprint density at radius 2 is 2.19 bits per heavy atom. The summed E-state index contributed by atoms with van der Waals surface area (Å²) in [6.45, 7) is 4.13. The number of nitrogens with zero attached hydrogens (tertiary/aromatic N) is 2. The fraction of sp³-hybridized carbons (Fsp3) is 0.250. The van der Waals surface area contributed by atoms with Gasteiger partial charge in [-0.15, -0.1) is 0 Å². The molecule has 0 saturated carbocycles. The zero-order valence-electron chi connectivity index (χ0n) is 11.9. The number of rotatable bonds is 2. The Morgan fingerprint density at radius 3 is 2.90 bits per heavy atom. The molecule has 1 aliphatic rings. The Morgan fingerprint density at radius 1 is 1.38 bits per heavy atom. The summed E-state index contributed by atoms with van der Waals surface area (Å²) >= 11 is 0. The molecular weight excluding hydrogens is 266 g/mol. The number of benzene rings is 1. The van der Waals surface area contributed by atoms with Gasteiger partial charge >= 0.3 is 0 Å². The van der Waals surface area contributed by atoms with E-state index in [0.717, 1.165) is 28.8 Å². The van der Waals surface area contributed by atoms with Crippen LogP contribution >= 0.6 is 0 Å². The summed E-state index contributed by atoms with van der Waals surface area (Å²) in [5.41, 5.74) is 9.79. The van der Waals surface area contributed by atoms with Crippen LogP contribution in [0.1, 0.15) is 23.7 Å². The molecule has 1 aliphatic heterocycles. The van der Waals surface area contributed by atoms with E-state index in [4.69, 9.17) is 15.2 Å². The van der Waals surface area contributed by atoms with E-state index in [2.05, 4.69) is 11.1 Å². The van der Waals surface area contributed by atoms with E-state index in [1.165, 1.54) is 0 Å². The Labute approximate surface area is 122 Å². The summed E-state index contributed by atoms with van der Waals surface area (Å²) in [6.07, 6.45) is 0.758. The minimum absolute atomic E-state index is 0.190. The largest absolute Gasteiger partial charge is 0.454 e. The minimum Gasteiger partial charge on any atom is -0.454 e. The maximum atomic E-state index is 9.48. The predicted octanol–water partition coefficient (Wildman–Crippen LogP) is 2.80. The fourth-order valence-corrected chi connectivity index (χ4v) is 2.73. The van der Waals surface area contributed by atoms with Crippen molar-refractivity contribution in [3.05, 3.63) is 35.0 Å². The molecule has 0 aliphatic carbocycles. The number of anilines is 1. The average Bonchev–Trinajstić information content (AvgIpc) is 2.95. The van der Waals surface area contributed by atoms with Crippen LogP contribution in [0.4, 0.5) is 5.82 Å². The van der Waals surface area contributed by atoms with Crippen LogP contribution in [-0.2, 0) is 6.42 Å². The van der Waals surface area contributed by atoms with Crippen molar-refractivity contribution in [1.82, 2.24) is 4.98 Å². The van der Waals surface area contributed by atoms with Gasteiger partial charge in [-0.1, -0.05) is 19.1 Å². The number of ether oxygens (including phenoxy) is 2. The lowest BCUT2D eigenvalue weighted by molar-refractivity contribution is 0.174. The number of aryl methyl sites for hydroxylation is 1. The highest BCUT2D eigenvalue weighted by atomic mass is 16.7. The highest BCUT2D eigenvalue weighted by molar-refractivity contribution is 5.84. The van der Waals surface area contributed by atoms with Gasteiger partial charge in [0.25, 0.3) is 0 Å². The van der Waals surface area contributed by atoms with Gasteiger partial charge < -0.3 is 15.2 Å². The highest BCUT2D eigenvalue weighted by Gasteiger charge is 2.24. The van der Waals surface area contributed by atoms with Gasteiger partial charge in [0.1, 0.15) is 17.5 Å². The molecule has 0 radical (unpaired) electrons. The van der Waals surface area contributed by atoms with Gasteiger partial charge in [-0.05, 0) is 25.0 Å². The molecule has 0 fully saturated rings. The second-order valence-corrected chi connectivity index (χ2v) is 4.82. The summed E-state index contributed by atoms with van der Waals surface area (Å²) < 4.78 is 11.0. The van der Waals surface area contributed by atoms with E-state index in [1.54, 1.807) is 0 Å². The molecule has 0 saturated heterocycles. The topological polar surface area (TPSA) is 81.2 Å². The number of hydrogen-bond acceptors (Lipinski definition) is 5. The molecule has 0 amide bonds. The normalized spacial score (nSPS) is 12.2. The number of nitrogens with two attached hydrogens (primary N) is 1. The molecule has 0 atom stereocenters. The molecule has 21 heavy (non-hydrogen) atoms. The molecule has 5 nitrogen and oxygen atoms in total. The second-order valence-electron chi connectivity index (χ2n) is 4.82. The molecular formula is C16H15N3O2. The molecule has 0 unspecified atom stereocenters. The lowest BCUT2D eigenvalue weighted by atomic mass is 9.92. The number of nitriles is 1. The predicted molar refractivity (Wildman–Crippen MR) is 79.0 cm³/mol. The number of hydrogen-bond donors (Lipinski definition) is 1. The fourth-order valence-electron chi connectivity index (χ4n) is 2.73. The molecule has 1 aromatic heterocycles. The van der Waals surface area contributed by atoms with Crippen molar-refractivity contribution in [1.29, 1.82) is 5.26 Å². The van der Waals surface area contributed by atoms with E-state index >= 15 is 0 Å². The molecule has 0 bridgehead atoms. The summed E-state index contributed by atoms with van der Waals surface area (Å²) in [4.78, 5) is 4.28. The highest BCUT2D eigenvalue weighted by Crippen LogP contribution is 2.44. The van der Waals surface area contributed by atoms with Gasteiger partial charge in [-0.2, -0.15) is 5.26 Å². The van der Waals surface area contributed by atoms with E-state index in [0.29, 0.717) is 17.1 Å². The van der Waals surface area contributed by atoms with Crippen molar-refractivity contribution in [2.24, 2.45) is 0 Å². The SMILES string of the molecule is CCc1c(C)nc(N)c(C#N)c1-c1cccc2c1OCO2. The van der Waals surface area contributed by atoms with Crippen LogP contribution in [0.15, 0.2) is 18.2 Å². The second kappa shape index (κ2) is 4.98. The van der Waals surface area contributed by atoms with Gasteiger partial charge in [-0.3, -0.25) is 0 Å². The van der Waals surface area contributed by atoms with Crippen LogP contribution in [0.3, 0.4) is 0 Å². The van der Waals surface area contributed by atoms with Crippen molar-refractivity contribution < 1.29 is 9.47 Å². The first-order valence-electron chi connectivity index (χ1n) is 6.75. The summed E-state index contributed by atoms with van der Waals surface area (Å²) in [6, 6.07) is 7.82. The van der Waals surface area contributed by atoms with Crippen LogP contribution in [-0.4, -0.2) is 11.8 Å². The Kier molecular flexibility index (Phi) is 3.15. The maximum absolute atomic E-state index is 9.48. The molecule has 1 aromatic carbocycles. The van der Waals surface area contributed by atoms with Crippen LogP contribution in [0, 0.1) is 18.3 Å². The van der Waals surface area contributed by atoms with Crippen molar-refractivity contribution >= 4 is 5.82 Å². The summed E-state index contributed by atoms with van der Waals surface area (Å²) in [5.74, 6) is 1.60. The zero-order chi connectivity index (χ0) is 15.0. The first kappa shape index (κ1) is 13.3. The van der Waals surface area contributed by atoms with E-state index in [1.807, 2.05) is 32.0 Å². The lowest BCUT2D eigenvalue weighted by Gasteiger charge is -2.15.